The molecule has 0 fully saturated rings. The number of nitrogens with zero attached hydrogens (tertiary/aromatic N) is 2. The van der Waals surface area contributed by atoms with Crippen LogP contribution in [0.4, 0.5) is 27.9 Å². The smallest absolute Gasteiger partial charge is 0.352 e. The lowest BCUT2D eigenvalue weighted by atomic mass is 10.1. The van der Waals surface area contributed by atoms with E-state index >= 15 is 0 Å². The summed E-state index contributed by atoms with van der Waals surface area (Å²) in [5, 5.41) is 2.93. The fraction of sp³-hybridized carbons (Fsp3) is 0.273. The maximum atomic E-state index is 13.4. The second kappa shape index (κ2) is 8.70. The highest BCUT2D eigenvalue weighted by atomic mass is 19.4. The molecule has 2 aromatic carbocycles. The first-order valence-electron chi connectivity index (χ1n) is 9.87. The van der Waals surface area contributed by atoms with E-state index in [0.29, 0.717) is 41.9 Å². The molecule has 10 heteroatoms. The fourth-order valence-corrected chi connectivity index (χ4v) is 3.66. The molecule has 0 bridgehead atoms. The molecule has 0 unspecified atom stereocenters. The van der Waals surface area contributed by atoms with Crippen LogP contribution in [0.2, 0.25) is 0 Å². The molecule has 1 aromatic heterocycles. The maximum absolute atomic E-state index is 13.4. The van der Waals surface area contributed by atoms with Gasteiger partial charge in [0.2, 0.25) is 5.95 Å². The summed E-state index contributed by atoms with van der Waals surface area (Å²) in [4.78, 5) is 21.5. The zero-order valence-corrected chi connectivity index (χ0v) is 16.8. The number of alkyl halides is 3. The minimum Gasteiger partial charge on any atom is -0.352 e. The van der Waals surface area contributed by atoms with Crippen LogP contribution < -0.4 is 10.9 Å². The monoisotopic (exact) mass is 450 g/mol. The predicted octanol–water partition coefficient (Wildman–Crippen LogP) is 4.24. The van der Waals surface area contributed by atoms with Crippen LogP contribution in [0.1, 0.15) is 27.9 Å². The summed E-state index contributed by atoms with van der Waals surface area (Å²) in [6.07, 6.45) is -3.92. The molecule has 4 rings (SSSR count). The molecule has 3 aromatic rings. The van der Waals surface area contributed by atoms with Crippen LogP contribution in [-0.4, -0.2) is 21.4 Å². The fourth-order valence-electron chi connectivity index (χ4n) is 3.66. The number of halogens is 5. The molecular weight excluding hydrogens is 431 g/mol. The van der Waals surface area contributed by atoms with Crippen molar-refractivity contribution >= 4 is 5.95 Å². The van der Waals surface area contributed by atoms with E-state index in [1.807, 2.05) is 4.90 Å². The third-order valence-corrected chi connectivity index (χ3v) is 5.22. The Kier molecular flexibility index (Phi) is 5.96. The Morgan fingerprint density at radius 1 is 1.03 bits per heavy atom. The second-order valence-corrected chi connectivity index (χ2v) is 7.63. The molecule has 0 amide bonds. The first-order valence-corrected chi connectivity index (χ1v) is 9.87. The van der Waals surface area contributed by atoms with Crippen LogP contribution in [0.25, 0.3) is 0 Å². The summed E-state index contributed by atoms with van der Waals surface area (Å²) in [7, 11) is 0. The molecule has 168 valence electrons. The number of aromatic nitrogens is 2. The van der Waals surface area contributed by atoms with E-state index in [1.165, 1.54) is 24.3 Å². The van der Waals surface area contributed by atoms with E-state index in [9.17, 15) is 26.7 Å². The van der Waals surface area contributed by atoms with Gasteiger partial charge in [0.15, 0.2) is 0 Å². The first kappa shape index (κ1) is 21.9. The third kappa shape index (κ3) is 5.13. The Labute approximate surface area is 179 Å². The summed E-state index contributed by atoms with van der Waals surface area (Å²) in [5.74, 6) is -1.07. The van der Waals surface area contributed by atoms with Crippen molar-refractivity contribution in [2.75, 3.05) is 11.9 Å². The Bertz CT molecular complexity index is 1150. The molecule has 0 saturated carbocycles. The van der Waals surface area contributed by atoms with E-state index in [2.05, 4.69) is 15.3 Å². The molecule has 0 spiro atoms. The van der Waals surface area contributed by atoms with Gasteiger partial charge in [-0.2, -0.15) is 13.2 Å². The molecule has 2 heterocycles. The Morgan fingerprint density at radius 2 is 1.72 bits per heavy atom. The SMILES string of the molecule is O=c1[nH]c(NCc2ccc(C(F)(F)F)cc2)nc2c1CN(Cc1cc(F)cc(F)c1)CC2. The zero-order chi connectivity index (χ0) is 22.9. The Hall–Kier alpha value is -3.27. The van der Waals surface area contributed by atoms with Crippen molar-refractivity contribution in [1.29, 1.82) is 0 Å². The maximum Gasteiger partial charge on any atom is 0.416 e. The van der Waals surface area contributed by atoms with E-state index in [-0.39, 0.29) is 24.6 Å². The van der Waals surface area contributed by atoms with Gasteiger partial charge in [-0.3, -0.25) is 14.7 Å². The van der Waals surface area contributed by atoms with Gasteiger partial charge in [0, 0.05) is 38.7 Å². The van der Waals surface area contributed by atoms with Crippen LogP contribution in [0.3, 0.4) is 0 Å². The van der Waals surface area contributed by atoms with Gasteiger partial charge >= 0.3 is 6.18 Å². The van der Waals surface area contributed by atoms with Crippen molar-refractivity contribution < 1.29 is 22.0 Å². The van der Waals surface area contributed by atoms with E-state index in [4.69, 9.17) is 0 Å². The average molecular weight is 450 g/mol. The van der Waals surface area contributed by atoms with Crippen molar-refractivity contribution in [2.24, 2.45) is 0 Å². The van der Waals surface area contributed by atoms with E-state index in [1.54, 1.807) is 0 Å². The van der Waals surface area contributed by atoms with Crippen LogP contribution in [-0.2, 0) is 32.2 Å². The highest BCUT2D eigenvalue weighted by Crippen LogP contribution is 2.29. The summed E-state index contributed by atoms with van der Waals surface area (Å²) >= 11 is 0. The number of anilines is 1. The number of fused-ring (bicyclic) bond motifs is 1. The lowest BCUT2D eigenvalue weighted by Gasteiger charge is -2.27. The first-order chi connectivity index (χ1) is 15.2. The molecule has 0 aliphatic carbocycles. The highest BCUT2D eigenvalue weighted by Gasteiger charge is 2.30. The molecule has 1 aliphatic heterocycles. The second-order valence-electron chi connectivity index (χ2n) is 7.63. The lowest BCUT2D eigenvalue weighted by Crippen LogP contribution is -2.35. The molecule has 0 radical (unpaired) electrons. The van der Waals surface area contributed by atoms with Gasteiger partial charge in [0.05, 0.1) is 16.8 Å². The van der Waals surface area contributed by atoms with Crippen LogP contribution in [0, 0.1) is 11.6 Å². The predicted molar refractivity (Wildman–Crippen MR) is 108 cm³/mol. The van der Waals surface area contributed by atoms with E-state index < -0.39 is 23.4 Å². The highest BCUT2D eigenvalue weighted by molar-refractivity contribution is 5.34. The number of H-pyrrole nitrogens is 1. The third-order valence-electron chi connectivity index (χ3n) is 5.22. The largest absolute Gasteiger partial charge is 0.416 e. The summed E-state index contributed by atoms with van der Waals surface area (Å²) in [5.41, 5.74) is 1.11. The number of nitrogens with one attached hydrogen (secondary N) is 2. The van der Waals surface area contributed by atoms with Crippen molar-refractivity contribution in [3.63, 3.8) is 0 Å². The average Bonchev–Trinajstić information content (AvgIpc) is 2.72. The van der Waals surface area contributed by atoms with Gasteiger partial charge in [-0.05, 0) is 35.4 Å². The van der Waals surface area contributed by atoms with Gasteiger partial charge in [0.25, 0.3) is 5.56 Å². The van der Waals surface area contributed by atoms with Crippen molar-refractivity contribution in [3.05, 3.63) is 92.4 Å². The standard InChI is InChI=1S/C22H19F5N4O/c23-16-7-14(8-17(24)9-16)11-31-6-5-19-18(12-31)20(32)30-21(29-19)28-10-13-1-3-15(4-2-13)22(25,26)27/h1-4,7-9H,5-6,10-12H2,(H2,28,29,30,32). The number of hydrogen-bond acceptors (Lipinski definition) is 4. The molecule has 0 atom stereocenters. The minimum absolute atomic E-state index is 0.192. The summed E-state index contributed by atoms with van der Waals surface area (Å²) in [6, 6.07) is 8.05. The molecule has 32 heavy (non-hydrogen) atoms. The molecular formula is C22H19F5N4O. The summed E-state index contributed by atoms with van der Waals surface area (Å²) in [6.45, 7) is 1.33. The van der Waals surface area contributed by atoms with E-state index in [0.717, 1.165) is 18.2 Å². The minimum atomic E-state index is -4.39. The van der Waals surface area contributed by atoms with Crippen LogP contribution in [0.5, 0.6) is 0 Å². The van der Waals surface area contributed by atoms with Gasteiger partial charge in [0.1, 0.15) is 11.6 Å². The quantitative estimate of drug-likeness (QED) is 0.571. The van der Waals surface area contributed by atoms with Gasteiger partial charge in [-0.15, -0.1) is 0 Å². The van der Waals surface area contributed by atoms with Crippen molar-refractivity contribution in [3.8, 4) is 0 Å². The molecule has 0 saturated heterocycles. The molecule has 2 N–H and O–H groups in total. The lowest BCUT2D eigenvalue weighted by molar-refractivity contribution is -0.137. The number of benzene rings is 2. The van der Waals surface area contributed by atoms with Gasteiger partial charge in [-0.25, -0.2) is 13.8 Å². The number of hydrogen-bond donors (Lipinski definition) is 2. The summed E-state index contributed by atoms with van der Waals surface area (Å²) < 4.78 is 64.8. The van der Waals surface area contributed by atoms with Crippen LogP contribution >= 0.6 is 0 Å². The Balaban J connectivity index is 1.42. The zero-order valence-electron chi connectivity index (χ0n) is 16.8. The number of aromatic amines is 1. The van der Waals surface area contributed by atoms with Gasteiger partial charge < -0.3 is 5.32 Å². The van der Waals surface area contributed by atoms with Gasteiger partial charge in [-0.1, -0.05) is 12.1 Å². The normalized spacial score (nSPS) is 14.3. The van der Waals surface area contributed by atoms with Crippen molar-refractivity contribution in [2.45, 2.75) is 32.2 Å². The number of rotatable bonds is 5. The molecule has 5 nitrogen and oxygen atoms in total. The topological polar surface area (TPSA) is 61.0 Å². The molecule has 1 aliphatic rings. The van der Waals surface area contributed by atoms with Crippen molar-refractivity contribution in [1.82, 2.24) is 14.9 Å². The Morgan fingerprint density at radius 3 is 2.38 bits per heavy atom. The van der Waals surface area contributed by atoms with Crippen LogP contribution in [0.15, 0.2) is 47.3 Å².